The van der Waals surface area contributed by atoms with E-state index in [4.69, 9.17) is 9.29 Å². The molecule has 0 radical (unpaired) electrons. The number of fused-ring (bicyclic) bond motifs is 1. The number of aryl methyl sites for hydroxylation is 1. The molecule has 1 aromatic rings. The minimum atomic E-state index is -5.43. The molecule has 2 rings (SSSR count). The average Bonchev–Trinajstić information content (AvgIpc) is 2.68. The van der Waals surface area contributed by atoms with Gasteiger partial charge >= 0.3 is 15.4 Å². The summed E-state index contributed by atoms with van der Waals surface area (Å²) in [7, 11) is -5.43. The van der Waals surface area contributed by atoms with Crippen molar-refractivity contribution in [3.8, 4) is 0 Å². The van der Waals surface area contributed by atoms with Crippen LogP contribution in [0.2, 0.25) is 0 Å². The normalized spacial score (nSPS) is 19.8. The summed E-state index contributed by atoms with van der Waals surface area (Å²) < 4.78 is 60.1. The molecule has 0 aromatic heterocycles. The molecule has 0 saturated carbocycles. The molecule has 18 heavy (non-hydrogen) atoms. The molecule has 0 saturated heterocycles. The van der Waals surface area contributed by atoms with Gasteiger partial charge in [-0.05, 0) is 24.0 Å². The fourth-order valence-electron chi connectivity index (χ4n) is 1.96. The summed E-state index contributed by atoms with van der Waals surface area (Å²) in [6.45, 7) is -1.34. The largest absolute Gasteiger partial charge is 0.392 e. The van der Waals surface area contributed by atoms with Gasteiger partial charge in [-0.15, -0.1) is 0 Å². The van der Waals surface area contributed by atoms with E-state index in [9.17, 15) is 17.2 Å². The Morgan fingerprint density at radius 1 is 1.39 bits per heavy atom. The van der Waals surface area contributed by atoms with Crippen molar-refractivity contribution in [3.05, 3.63) is 35.4 Å². The van der Waals surface area contributed by atoms with E-state index in [0.29, 0.717) is 12.8 Å². The summed E-state index contributed by atoms with van der Waals surface area (Å²) in [6, 6.07) is 7.24. The van der Waals surface area contributed by atoms with Gasteiger partial charge in [0.1, 0.15) is 6.61 Å². The molecule has 1 N–H and O–H groups in total. The van der Waals surface area contributed by atoms with Crippen LogP contribution in [0.5, 0.6) is 0 Å². The van der Waals surface area contributed by atoms with Gasteiger partial charge < -0.3 is 4.74 Å². The van der Waals surface area contributed by atoms with Crippen LogP contribution >= 0.6 is 0 Å². The first-order valence-corrected chi connectivity index (χ1v) is 6.79. The van der Waals surface area contributed by atoms with Crippen molar-refractivity contribution in [3.63, 3.8) is 0 Å². The molecular weight excluding hydrogens is 266 g/mol. The van der Waals surface area contributed by atoms with Crippen LogP contribution in [-0.2, 0) is 21.3 Å². The van der Waals surface area contributed by atoms with Gasteiger partial charge in [0.05, 0.1) is 6.10 Å². The number of hydrogen-bond donors (Lipinski definition) is 1. The lowest BCUT2D eigenvalue weighted by molar-refractivity contribution is -0.0529. The van der Waals surface area contributed by atoms with Gasteiger partial charge in [-0.25, -0.2) is 0 Å². The molecule has 4 nitrogen and oxygen atoms in total. The summed E-state index contributed by atoms with van der Waals surface area (Å²) in [6.07, 6.45) is 0.688. The minimum Gasteiger partial charge on any atom is -0.366 e. The first kappa shape index (κ1) is 13.4. The van der Waals surface area contributed by atoms with Crippen LogP contribution in [0.15, 0.2) is 24.3 Å². The maximum absolute atomic E-state index is 13.0. The first-order chi connectivity index (χ1) is 8.31. The van der Waals surface area contributed by atoms with Crippen LogP contribution in [-0.4, -0.2) is 24.8 Å². The zero-order valence-corrected chi connectivity index (χ0v) is 10.2. The molecule has 0 spiro atoms. The second kappa shape index (κ2) is 4.56. The highest BCUT2D eigenvalue weighted by Crippen LogP contribution is 2.35. The van der Waals surface area contributed by atoms with E-state index < -0.39 is 28.1 Å². The SMILES string of the molecule is O=S(=O)(O)C(F)(F)COC1CCc2ccccc21. The van der Waals surface area contributed by atoms with Crippen molar-refractivity contribution >= 4 is 10.1 Å². The maximum atomic E-state index is 13.0. The molecule has 0 amide bonds. The fourth-order valence-corrected chi connectivity index (χ4v) is 2.18. The van der Waals surface area contributed by atoms with Crippen molar-refractivity contribution < 1.29 is 26.5 Å². The Labute approximate surface area is 103 Å². The lowest BCUT2D eigenvalue weighted by Crippen LogP contribution is -2.34. The summed E-state index contributed by atoms with van der Waals surface area (Å²) in [5.74, 6) is 0. The van der Waals surface area contributed by atoms with Crippen molar-refractivity contribution in [1.82, 2.24) is 0 Å². The molecule has 100 valence electrons. The maximum Gasteiger partial charge on any atom is 0.392 e. The fraction of sp³-hybridized carbons (Fsp3) is 0.455. The van der Waals surface area contributed by atoms with E-state index in [0.717, 1.165) is 11.1 Å². The summed E-state index contributed by atoms with van der Waals surface area (Å²) in [4.78, 5) is 0. The Hall–Kier alpha value is -1.05. The molecule has 1 unspecified atom stereocenters. The molecule has 1 atom stereocenters. The summed E-state index contributed by atoms with van der Waals surface area (Å²) in [5.41, 5.74) is 1.81. The summed E-state index contributed by atoms with van der Waals surface area (Å²) in [5, 5.41) is -4.27. The quantitative estimate of drug-likeness (QED) is 0.857. The topological polar surface area (TPSA) is 63.6 Å². The third-order valence-corrected chi connectivity index (χ3v) is 3.78. The molecular formula is C11H12F2O4S. The second-order valence-corrected chi connectivity index (χ2v) is 5.70. The zero-order valence-electron chi connectivity index (χ0n) is 9.34. The molecule has 1 aliphatic carbocycles. The molecule has 1 aliphatic rings. The summed E-state index contributed by atoms with van der Waals surface area (Å²) >= 11 is 0. The van der Waals surface area contributed by atoms with Gasteiger partial charge in [0.25, 0.3) is 0 Å². The van der Waals surface area contributed by atoms with E-state index >= 15 is 0 Å². The molecule has 7 heteroatoms. The standard InChI is InChI=1S/C11H12F2O4S/c12-11(13,18(14,15)16)7-17-10-6-5-8-3-1-2-4-9(8)10/h1-4,10H,5-7H2,(H,14,15,16). The Morgan fingerprint density at radius 3 is 2.72 bits per heavy atom. The molecule has 1 aromatic carbocycles. The van der Waals surface area contributed by atoms with Crippen LogP contribution in [0, 0.1) is 0 Å². The third kappa shape index (κ3) is 2.52. The molecule has 0 fully saturated rings. The van der Waals surface area contributed by atoms with Gasteiger partial charge in [0.2, 0.25) is 0 Å². The highest BCUT2D eigenvalue weighted by atomic mass is 32.2. The monoisotopic (exact) mass is 278 g/mol. The Morgan fingerprint density at radius 2 is 2.06 bits per heavy atom. The van der Waals surface area contributed by atoms with E-state index in [1.54, 1.807) is 12.1 Å². The molecule has 0 aliphatic heterocycles. The lowest BCUT2D eigenvalue weighted by atomic mass is 10.1. The van der Waals surface area contributed by atoms with Crippen molar-refractivity contribution in [2.75, 3.05) is 6.61 Å². The molecule has 0 heterocycles. The van der Waals surface area contributed by atoms with E-state index in [2.05, 4.69) is 0 Å². The van der Waals surface area contributed by atoms with E-state index in [1.807, 2.05) is 12.1 Å². The van der Waals surface area contributed by atoms with E-state index in [1.165, 1.54) is 0 Å². The van der Waals surface area contributed by atoms with Gasteiger partial charge in [-0.3, -0.25) is 4.55 Å². The van der Waals surface area contributed by atoms with Crippen LogP contribution in [0.3, 0.4) is 0 Å². The van der Waals surface area contributed by atoms with Crippen LogP contribution in [0.25, 0.3) is 0 Å². The predicted molar refractivity (Wildman–Crippen MR) is 60.0 cm³/mol. The van der Waals surface area contributed by atoms with Gasteiger partial charge in [-0.2, -0.15) is 17.2 Å². The highest BCUT2D eigenvalue weighted by molar-refractivity contribution is 7.86. The number of ether oxygens (including phenoxy) is 1. The van der Waals surface area contributed by atoms with Crippen LogP contribution < -0.4 is 0 Å². The third-order valence-electron chi connectivity index (χ3n) is 2.91. The van der Waals surface area contributed by atoms with Crippen LogP contribution in [0.4, 0.5) is 8.78 Å². The van der Waals surface area contributed by atoms with Crippen LogP contribution in [0.1, 0.15) is 23.7 Å². The lowest BCUT2D eigenvalue weighted by Gasteiger charge is -2.17. The van der Waals surface area contributed by atoms with Gasteiger partial charge in [0.15, 0.2) is 0 Å². The van der Waals surface area contributed by atoms with E-state index in [-0.39, 0.29) is 0 Å². The number of benzene rings is 1. The first-order valence-electron chi connectivity index (χ1n) is 5.35. The number of alkyl halides is 2. The van der Waals surface area contributed by atoms with Crippen molar-refractivity contribution in [2.45, 2.75) is 24.2 Å². The number of hydrogen-bond acceptors (Lipinski definition) is 3. The molecule has 0 bridgehead atoms. The van der Waals surface area contributed by atoms with Gasteiger partial charge in [0, 0.05) is 0 Å². The minimum absolute atomic E-state index is 0.529. The Bertz CT molecular complexity index is 542. The smallest absolute Gasteiger partial charge is 0.366 e. The van der Waals surface area contributed by atoms with Crippen molar-refractivity contribution in [2.24, 2.45) is 0 Å². The van der Waals surface area contributed by atoms with Crippen molar-refractivity contribution in [1.29, 1.82) is 0 Å². The van der Waals surface area contributed by atoms with Gasteiger partial charge in [-0.1, -0.05) is 24.3 Å². The Balaban J connectivity index is 2.06. The number of rotatable bonds is 4. The highest BCUT2D eigenvalue weighted by Gasteiger charge is 2.45. The number of halogens is 2. The second-order valence-electron chi connectivity index (χ2n) is 4.15. The zero-order chi connectivity index (χ0) is 13.4. The predicted octanol–water partition coefficient (Wildman–Crippen LogP) is 2.17. The average molecular weight is 278 g/mol. The Kier molecular flexibility index (Phi) is 3.39.